The van der Waals surface area contributed by atoms with E-state index in [0.29, 0.717) is 0 Å². The predicted octanol–water partition coefficient (Wildman–Crippen LogP) is 3.22. The number of rotatable bonds is 3. The Morgan fingerprint density at radius 2 is 1.89 bits per heavy atom. The first-order valence-corrected chi connectivity index (χ1v) is 7.34. The van der Waals surface area contributed by atoms with E-state index in [1.165, 1.54) is 44.1 Å². The molecule has 4 heteroatoms. The highest BCUT2D eigenvalue weighted by Crippen LogP contribution is 2.39. The van der Waals surface area contributed by atoms with Gasteiger partial charge in [-0.3, -0.25) is 4.68 Å². The van der Waals surface area contributed by atoms with Crippen molar-refractivity contribution in [3.63, 3.8) is 0 Å². The van der Waals surface area contributed by atoms with E-state index in [1.807, 2.05) is 14.0 Å². The van der Waals surface area contributed by atoms with Crippen LogP contribution in [0.15, 0.2) is 0 Å². The number of nitrogens with two attached hydrogens (primary N) is 1. The van der Waals surface area contributed by atoms with Crippen molar-refractivity contribution < 1.29 is 0 Å². The molecule has 0 amide bonds. The fraction of sp³-hybridized carbons (Fsp3) is 0.786. The van der Waals surface area contributed by atoms with Crippen LogP contribution < -0.4 is 5.73 Å². The molecular formula is C14H24ClN3. The molecular weight excluding hydrogens is 246 g/mol. The maximum Gasteiger partial charge on any atom is 0.130 e. The highest BCUT2D eigenvalue weighted by atomic mass is 35.5. The summed E-state index contributed by atoms with van der Waals surface area (Å²) in [7, 11) is 1.90. The first-order chi connectivity index (χ1) is 8.58. The second kappa shape index (κ2) is 5.62. The van der Waals surface area contributed by atoms with E-state index in [0.717, 1.165) is 23.8 Å². The molecule has 2 rings (SSSR count). The second-order valence-corrected chi connectivity index (χ2v) is 6.13. The quantitative estimate of drug-likeness (QED) is 0.857. The molecule has 0 aromatic carbocycles. The Morgan fingerprint density at radius 3 is 2.33 bits per heavy atom. The average molecular weight is 270 g/mol. The summed E-state index contributed by atoms with van der Waals surface area (Å²) in [4.78, 5) is 0. The van der Waals surface area contributed by atoms with E-state index < -0.39 is 0 Å². The standard InChI is InChI=1S/C14H24ClN3/c1-11-12(13(15)18(2)17-11)9-14(10-16)7-5-3-4-6-8-14/h3-10,16H2,1-2H3. The first-order valence-electron chi connectivity index (χ1n) is 6.96. The van der Waals surface area contributed by atoms with Gasteiger partial charge in [-0.15, -0.1) is 0 Å². The molecule has 0 saturated heterocycles. The Hall–Kier alpha value is -0.540. The summed E-state index contributed by atoms with van der Waals surface area (Å²) in [5.74, 6) is 0. The number of hydrogen-bond acceptors (Lipinski definition) is 2. The molecule has 1 aliphatic carbocycles. The molecule has 0 unspecified atom stereocenters. The Morgan fingerprint density at radius 1 is 1.28 bits per heavy atom. The molecule has 1 heterocycles. The molecule has 1 saturated carbocycles. The van der Waals surface area contributed by atoms with E-state index >= 15 is 0 Å². The summed E-state index contributed by atoms with van der Waals surface area (Å²) >= 11 is 6.35. The Bertz CT molecular complexity index is 403. The van der Waals surface area contributed by atoms with Crippen LogP contribution in [0, 0.1) is 12.3 Å². The molecule has 0 radical (unpaired) electrons. The smallest absolute Gasteiger partial charge is 0.130 e. The number of aromatic nitrogens is 2. The molecule has 1 aromatic rings. The third kappa shape index (κ3) is 2.72. The van der Waals surface area contributed by atoms with E-state index in [4.69, 9.17) is 17.3 Å². The van der Waals surface area contributed by atoms with Crippen molar-refractivity contribution in [2.45, 2.75) is 51.9 Å². The Balaban J connectivity index is 2.23. The third-order valence-electron chi connectivity index (χ3n) is 4.42. The maximum atomic E-state index is 6.35. The minimum Gasteiger partial charge on any atom is -0.330 e. The number of halogens is 1. The highest BCUT2D eigenvalue weighted by Gasteiger charge is 2.31. The lowest BCUT2D eigenvalue weighted by atomic mass is 9.75. The van der Waals surface area contributed by atoms with Gasteiger partial charge >= 0.3 is 0 Å². The Labute approximate surface area is 115 Å². The molecule has 2 N–H and O–H groups in total. The van der Waals surface area contributed by atoms with E-state index in [1.54, 1.807) is 4.68 Å². The van der Waals surface area contributed by atoms with Crippen molar-refractivity contribution in [2.75, 3.05) is 6.54 Å². The minimum absolute atomic E-state index is 0.244. The van der Waals surface area contributed by atoms with Crippen molar-refractivity contribution in [1.82, 2.24) is 9.78 Å². The molecule has 0 aliphatic heterocycles. The number of hydrogen-bond donors (Lipinski definition) is 1. The van der Waals surface area contributed by atoms with E-state index in [2.05, 4.69) is 5.10 Å². The topological polar surface area (TPSA) is 43.8 Å². The predicted molar refractivity (Wildman–Crippen MR) is 75.8 cm³/mol. The molecule has 1 aromatic heterocycles. The zero-order valence-electron chi connectivity index (χ0n) is 11.5. The van der Waals surface area contributed by atoms with E-state index in [-0.39, 0.29) is 5.41 Å². The van der Waals surface area contributed by atoms with Crippen LogP contribution in [0.5, 0.6) is 0 Å². The van der Waals surface area contributed by atoms with Crippen molar-refractivity contribution in [2.24, 2.45) is 18.2 Å². The lowest BCUT2D eigenvalue weighted by Crippen LogP contribution is -2.32. The van der Waals surface area contributed by atoms with Gasteiger partial charge < -0.3 is 5.73 Å². The lowest BCUT2D eigenvalue weighted by Gasteiger charge is -2.31. The van der Waals surface area contributed by atoms with Crippen LogP contribution in [0.2, 0.25) is 5.15 Å². The van der Waals surface area contributed by atoms with Crippen LogP contribution in [0.3, 0.4) is 0 Å². The molecule has 0 bridgehead atoms. The summed E-state index contributed by atoms with van der Waals surface area (Å²) in [5, 5.41) is 5.19. The minimum atomic E-state index is 0.244. The van der Waals surface area contributed by atoms with Crippen LogP contribution in [0.1, 0.15) is 49.8 Å². The van der Waals surface area contributed by atoms with Gasteiger partial charge in [-0.25, -0.2) is 0 Å². The van der Waals surface area contributed by atoms with Gasteiger partial charge in [0.05, 0.1) is 5.69 Å². The van der Waals surface area contributed by atoms with Crippen molar-refractivity contribution in [3.8, 4) is 0 Å². The van der Waals surface area contributed by atoms with Crippen LogP contribution in [0.4, 0.5) is 0 Å². The van der Waals surface area contributed by atoms with Gasteiger partial charge in [0.2, 0.25) is 0 Å². The SMILES string of the molecule is Cc1nn(C)c(Cl)c1CC1(CN)CCCCCC1. The summed E-state index contributed by atoms with van der Waals surface area (Å²) < 4.78 is 1.77. The molecule has 18 heavy (non-hydrogen) atoms. The second-order valence-electron chi connectivity index (χ2n) is 5.77. The average Bonchev–Trinajstić information content (AvgIpc) is 2.58. The molecule has 0 atom stereocenters. The van der Waals surface area contributed by atoms with Crippen LogP contribution in [-0.4, -0.2) is 16.3 Å². The first kappa shape index (κ1) is 13.9. The monoisotopic (exact) mass is 269 g/mol. The van der Waals surface area contributed by atoms with Crippen LogP contribution in [-0.2, 0) is 13.5 Å². The fourth-order valence-corrected chi connectivity index (χ4v) is 3.42. The van der Waals surface area contributed by atoms with Gasteiger partial charge in [0.15, 0.2) is 0 Å². The van der Waals surface area contributed by atoms with Gasteiger partial charge in [-0.2, -0.15) is 5.10 Å². The van der Waals surface area contributed by atoms with Gasteiger partial charge in [-0.05, 0) is 38.1 Å². The van der Waals surface area contributed by atoms with Crippen LogP contribution >= 0.6 is 11.6 Å². The zero-order chi connectivity index (χ0) is 13.2. The lowest BCUT2D eigenvalue weighted by molar-refractivity contribution is 0.252. The summed E-state index contributed by atoms with van der Waals surface area (Å²) in [5.41, 5.74) is 8.59. The highest BCUT2D eigenvalue weighted by molar-refractivity contribution is 6.30. The van der Waals surface area contributed by atoms with Gasteiger partial charge in [0.25, 0.3) is 0 Å². The van der Waals surface area contributed by atoms with Crippen molar-refractivity contribution >= 4 is 11.6 Å². The number of nitrogens with zero attached hydrogens (tertiary/aromatic N) is 2. The summed E-state index contributed by atoms with van der Waals surface area (Å²) in [6.07, 6.45) is 8.75. The maximum absolute atomic E-state index is 6.35. The summed E-state index contributed by atoms with van der Waals surface area (Å²) in [6.45, 7) is 2.81. The molecule has 0 spiro atoms. The largest absolute Gasteiger partial charge is 0.330 e. The van der Waals surface area contributed by atoms with Gasteiger partial charge in [0, 0.05) is 12.6 Å². The van der Waals surface area contributed by atoms with Crippen molar-refractivity contribution in [1.29, 1.82) is 0 Å². The normalized spacial score (nSPS) is 19.8. The third-order valence-corrected chi connectivity index (χ3v) is 4.89. The zero-order valence-corrected chi connectivity index (χ0v) is 12.3. The molecule has 3 nitrogen and oxygen atoms in total. The van der Waals surface area contributed by atoms with Gasteiger partial charge in [0.1, 0.15) is 5.15 Å². The van der Waals surface area contributed by atoms with Gasteiger partial charge in [-0.1, -0.05) is 37.3 Å². The molecule has 102 valence electrons. The molecule has 1 aliphatic rings. The Kier molecular flexibility index (Phi) is 4.33. The van der Waals surface area contributed by atoms with Crippen LogP contribution in [0.25, 0.3) is 0 Å². The fourth-order valence-electron chi connectivity index (χ4n) is 3.18. The molecule has 1 fully saturated rings. The van der Waals surface area contributed by atoms with Crippen molar-refractivity contribution in [3.05, 3.63) is 16.4 Å². The van der Waals surface area contributed by atoms with E-state index in [9.17, 15) is 0 Å². The number of aryl methyl sites for hydroxylation is 2. The summed E-state index contributed by atoms with van der Waals surface area (Å²) in [6, 6.07) is 0.